The Bertz CT molecular complexity index is 462. The number of hydrogen-bond donors (Lipinski definition) is 0. The average Bonchev–Trinajstić information content (AvgIpc) is 2.26. The molecule has 0 atom stereocenters. The molecule has 0 aliphatic rings. The molecule has 15 heavy (non-hydrogen) atoms. The van der Waals surface area contributed by atoms with E-state index in [0.717, 1.165) is 11.1 Å². The fourth-order valence-corrected chi connectivity index (χ4v) is 1.22. The molecule has 1 aromatic rings. The van der Waals surface area contributed by atoms with Crippen molar-refractivity contribution in [1.29, 1.82) is 5.26 Å². The van der Waals surface area contributed by atoms with Crippen molar-refractivity contribution in [2.45, 2.75) is 6.92 Å². The molecule has 0 aliphatic carbocycles. The third kappa shape index (κ3) is 2.87. The van der Waals surface area contributed by atoms with E-state index in [4.69, 9.17) is 10.8 Å². The molecule has 0 amide bonds. The molecule has 0 fully saturated rings. The van der Waals surface area contributed by atoms with Gasteiger partial charge >= 0.3 is 0 Å². The minimum atomic E-state index is 0.326. The molecule has 0 spiro atoms. The zero-order chi connectivity index (χ0) is 11.1. The molecule has 4 nitrogen and oxygen atoms in total. The second kappa shape index (κ2) is 5.48. The van der Waals surface area contributed by atoms with E-state index >= 15 is 0 Å². The van der Waals surface area contributed by atoms with E-state index in [2.05, 4.69) is 16.1 Å². The summed E-state index contributed by atoms with van der Waals surface area (Å²) in [5.41, 5.74) is 10.7. The molecule has 0 aliphatic heterocycles. The van der Waals surface area contributed by atoms with Gasteiger partial charge in [-0.25, -0.2) is 0 Å². The normalized spacial score (nSPS) is 9.60. The zero-order valence-corrected chi connectivity index (χ0v) is 8.38. The lowest BCUT2D eigenvalue weighted by atomic mass is 10.0. The first-order valence-corrected chi connectivity index (χ1v) is 4.46. The topological polar surface area (TPSA) is 72.5 Å². The maximum Gasteiger partial charge on any atom is 0.0994 e. The molecular formula is C11H10N4. The van der Waals surface area contributed by atoms with Crippen LogP contribution >= 0.6 is 0 Å². The van der Waals surface area contributed by atoms with Crippen LogP contribution in [0.25, 0.3) is 16.5 Å². The predicted octanol–water partition coefficient (Wildman–Crippen LogP) is 3.19. The van der Waals surface area contributed by atoms with E-state index in [-0.39, 0.29) is 0 Å². The Morgan fingerprint density at radius 3 is 3.07 bits per heavy atom. The van der Waals surface area contributed by atoms with Crippen molar-refractivity contribution in [3.8, 4) is 6.07 Å². The van der Waals surface area contributed by atoms with Crippen molar-refractivity contribution in [1.82, 2.24) is 0 Å². The summed E-state index contributed by atoms with van der Waals surface area (Å²) in [6, 6.07) is 7.65. The van der Waals surface area contributed by atoms with Crippen LogP contribution in [0.3, 0.4) is 0 Å². The summed E-state index contributed by atoms with van der Waals surface area (Å²) in [6.07, 6.45) is 3.62. The van der Waals surface area contributed by atoms with Crippen LogP contribution in [0, 0.1) is 18.3 Å². The number of azide groups is 1. The molecule has 0 unspecified atom stereocenters. The Kier molecular flexibility index (Phi) is 3.96. The van der Waals surface area contributed by atoms with Gasteiger partial charge in [0.2, 0.25) is 0 Å². The van der Waals surface area contributed by atoms with Crippen molar-refractivity contribution in [2.75, 3.05) is 6.54 Å². The van der Waals surface area contributed by atoms with Crippen LogP contribution in [0.15, 0.2) is 29.4 Å². The van der Waals surface area contributed by atoms with Crippen LogP contribution in [-0.2, 0) is 0 Å². The Balaban J connectivity index is 2.91. The average molecular weight is 198 g/mol. The SMILES string of the molecule is Cc1c(C#N)cccc1C=CCN=[N+]=[N-]. The first-order valence-electron chi connectivity index (χ1n) is 4.46. The van der Waals surface area contributed by atoms with Gasteiger partial charge in [0, 0.05) is 11.5 Å². The standard InChI is InChI=1S/C11H10N4/c1-9-10(6-3-7-14-15-13)4-2-5-11(9)8-12/h2-6H,7H2,1H3. The number of rotatable bonds is 3. The fraction of sp³-hybridized carbons (Fsp3) is 0.182. The Hall–Kier alpha value is -2.24. The van der Waals surface area contributed by atoms with Crippen molar-refractivity contribution < 1.29 is 0 Å². The summed E-state index contributed by atoms with van der Waals surface area (Å²) in [7, 11) is 0. The fourth-order valence-electron chi connectivity index (χ4n) is 1.22. The quantitative estimate of drug-likeness (QED) is 0.417. The lowest BCUT2D eigenvalue weighted by Gasteiger charge is -2.01. The maximum absolute atomic E-state index is 8.81. The molecule has 74 valence electrons. The highest BCUT2D eigenvalue weighted by Gasteiger charge is 1.99. The van der Waals surface area contributed by atoms with Gasteiger partial charge in [-0.05, 0) is 29.6 Å². The molecule has 0 saturated heterocycles. The van der Waals surface area contributed by atoms with E-state index < -0.39 is 0 Å². The maximum atomic E-state index is 8.81. The van der Waals surface area contributed by atoms with Gasteiger partial charge in [-0.2, -0.15) is 5.26 Å². The Labute approximate surface area is 88.1 Å². The molecule has 0 bridgehead atoms. The highest BCUT2D eigenvalue weighted by molar-refractivity contribution is 5.57. The largest absolute Gasteiger partial charge is 0.192 e. The van der Waals surface area contributed by atoms with Crippen molar-refractivity contribution in [3.63, 3.8) is 0 Å². The summed E-state index contributed by atoms with van der Waals surface area (Å²) < 4.78 is 0. The van der Waals surface area contributed by atoms with Gasteiger partial charge < -0.3 is 0 Å². The Morgan fingerprint density at radius 2 is 2.40 bits per heavy atom. The van der Waals surface area contributed by atoms with Gasteiger partial charge in [-0.15, -0.1) is 0 Å². The molecule has 0 N–H and O–H groups in total. The molecule has 1 rings (SSSR count). The number of nitrogens with zero attached hydrogens (tertiary/aromatic N) is 4. The molecular weight excluding hydrogens is 188 g/mol. The lowest BCUT2D eigenvalue weighted by molar-refractivity contribution is 1.22. The van der Waals surface area contributed by atoms with Crippen LogP contribution < -0.4 is 0 Å². The highest BCUT2D eigenvalue weighted by Crippen LogP contribution is 2.14. The molecule has 0 heterocycles. The van der Waals surface area contributed by atoms with Gasteiger partial charge in [0.1, 0.15) is 0 Å². The zero-order valence-electron chi connectivity index (χ0n) is 8.38. The van der Waals surface area contributed by atoms with Crippen molar-refractivity contribution in [3.05, 3.63) is 51.4 Å². The summed E-state index contributed by atoms with van der Waals surface area (Å²) in [5, 5.41) is 12.2. The van der Waals surface area contributed by atoms with Gasteiger partial charge in [0.25, 0.3) is 0 Å². The summed E-state index contributed by atoms with van der Waals surface area (Å²) in [5.74, 6) is 0. The van der Waals surface area contributed by atoms with Crippen molar-refractivity contribution >= 4 is 6.08 Å². The van der Waals surface area contributed by atoms with E-state index in [9.17, 15) is 0 Å². The second-order valence-corrected chi connectivity index (χ2v) is 2.95. The van der Waals surface area contributed by atoms with Crippen LogP contribution in [0.4, 0.5) is 0 Å². The monoisotopic (exact) mass is 198 g/mol. The third-order valence-corrected chi connectivity index (χ3v) is 2.04. The molecule has 4 heteroatoms. The molecule has 0 aromatic heterocycles. The smallest absolute Gasteiger partial charge is 0.0994 e. The van der Waals surface area contributed by atoms with Gasteiger partial charge in [0.15, 0.2) is 0 Å². The lowest BCUT2D eigenvalue weighted by Crippen LogP contribution is -1.86. The highest BCUT2D eigenvalue weighted by atomic mass is 15.1. The summed E-state index contributed by atoms with van der Waals surface area (Å²) in [6.45, 7) is 2.22. The van der Waals surface area contributed by atoms with Crippen molar-refractivity contribution in [2.24, 2.45) is 5.11 Å². The van der Waals surface area contributed by atoms with Gasteiger partial charge in [-0.3, -0.25) is 0 Å². The summed E-state index contributed by atoms with van der Waals surface area (Å²) in [4.78, 5) is 2.64. The first kappa shape index (κ1) is 10.8. The third-order valence-electron chi connectivity index (χ3n) is 2.04. The van der Waals surface area contributed by atoms with Crippen LogP contribution in [0.1, 0.15) is 16.7 Å². The van der Waals surface area contributed by atoms with Crippen LogP contribution in [-0.4, -0.2) is 6.54 Å². The van der Waals surface area contributed by atoms with Gasteiger partial charge in [-0.1, -0.05) is 29.4 Å². The number of hydrogen-bond acceptors (Lipinski definition) is 2. The van der Waals surface area contributed by atoms with E-state index in [1.54, 1.807) is 12.1 Å². The van der Waals surface area contributed by atoms with Crippen LogP contribution in [0.5, 0.6) is 0 Å². The second-order valence-electron chi connectivity index (χ2n) is 2.95. The van der Waals surface area contributed by atoms with E-state index in [1.807, 2.05) is 25.1 Å². The van der Waals surface area contributed by atoms with Crippen LogP contribution in [0.2, 0.25) is 0 Å². The van der Waals surface area contributed by atoms with Gasteiger partial charge in [0.05, 0.1) is 11.6 Å². The molecule has 0 radical (unpaired) electrons. The van der Waals surface area contributed by atoms with E-state index in [1.165, 1.54) is 0 Å². The minimum absolute atomic E-state index is 0.326. The number of benzene rings is 1. The number of nitriles is 1. The van der Waals surface area contributed by atoms with E-state index in [0.29, 0.717) is 12.1 Å². The molecule has 0 saturated carbocycles. The summed E-state index contributed by atoms with van der Waals surface area (Å²) >= 11 is 0. The predicted molar refractivity (Wildman–Crippen MR) is 58.9 cm³/mol. The Morgan fingerprint density at radius 1 is 1.60 bits per heavy atom. The minimum Gasteiger partial charge on any atom is -0.192 e. The molecule has 1 aromatic carbocycles. The first-order chi connectivity index (χ1) is 7.29.